The van der Waals surface area contributed by atoms with E-state index in [-0.39, 0.29) is 17.3 Å². The monoisotopic (exact) mass is 461 g/mol. The third kappa shape index (κ3) is 6.52. The van der Waals surface area contributed by atoms with Crippen molar-refractivity contribution >= 4 is 15.9 Å². The van der Waals surface area contributed by atoms with Crippen LogP contribution in [0.15, 0.2) is 53.4 Å². The number of sulfonamides is 1. The average molecular weight is 462 g/mol. The van der Waals surface area contributed by atoms with E-state index < -0.39 is 10.0 Å². The summed E-state index contributed by atoms with van der Waals surface area (Å²) in [6.07, 6.45) is 0.951. The minimum absolute atomic E-state index is 0.0731. The molecule has 0 saturated carbocycles. The average Bonchev–Trinajstić information content (AvgIpc) is 2.83. The third-order valence-electron chi connectivity index (χ3n) is 5.55. The highest BCUT2D eigenvalue weighted by Gasteiger charge is 2.22. The lowest BCUT2D eigenvalue weighted by molar-refractivity contribution is 0.0638. The Balaban J connectivity index is 1.48. The Labute approximate surface area is 190 Å². The van der Waals surface area contributed by atoms with Gasteiger partial charge in [-0.3, -0.25) is 9.69 Å². The molecule has 9 heteroatoms. The maximum absolute atomic E-state index is 12.8. The second kappa shape index (κ2) is 11.4. The Kier molecular flexibility index (Phi) is 8.63. The Morgan fingerprint density at radius 3 is 2.22 bits per heavy atom. The van der Waals surface area contributed by atoms with Gasteiger partial charge in [-0.15, -0.1) is 0 Å². The van der Waals surface area contributed by atoms with Gasteiger partial charge >= 0.3 is 0 Å². The van der Waals surface area contributed by atoms with Gasteiger partial charge < -0.3 is 14.4 Å². The topological polar surface area (TPSA) is 88.2 Å². The van der Waals surface area contributed by atoms with Crippen LogP contribution in [0.4, 0.5) is 0 Å². The van der Waals surface area contributed by atoms with Crippen molar-refractivity contribution in [2.24, 2.45) is 0 Å². The van der Waals surface area contributed by atoms with Crippen molar-refractivity contribution in [3.63, 3.8) is 0 Å². The van der Waals surface area contributed by atoms with E-state index in [0.717, 1.165) is 31.8 Å². The van der Waals surface area contributed by atoms with Gasteiger partial charge in [0, 0.05) is 51.9 Å². The van der Waals surface area contributed by atoms with Gasteiger partial charge in [0.15, 0.2) is 0 Å². The lowest BCUT2D eigenvalue weighted by Crippen LogP contribution is -2.49. The van der Waals surface area contributed by atoms with E-state index in [1.165, 1.54) is 24.8 Å². The first kappa shape index (κ1) is 24.2. The molecule has 8 nitrogen and oxygen atoms in total. The predicted octanol–water partition coefficient (Wildman–Crippen LogP) is 1.62. The minimum atomic E-state index is -3.61. The normalized spacial score (nSPS) is 15.0. The lowest BCUT2D eigenvalue weighted by Gasteiger charge is -2.34. The van der Waals surface area contributed by atoms with Crippen molar-refractivity contribution in [3.8, 4) is 5.75 Å². The number of nitrogens with zero attached hydrogens (tertiary/aromatic N) is 2. The number of amides is 1. The van der Waals surface area contributed by atoms with Crippen LogP contribution in [0.3, 0.4) is 0 Å². The number of carbonyl (C=O) groups excluding carboxylic acids is 1. The molecule has 1 aliphatic heterocycles. The van der Waals surface area contributed by atoms with Crippen molar-refractivity contribution in [3.05, 3.63) is 59.7 Å². The van der Waals surface area contributed by atoms with Crippen LogP contribution in [-0.2, 0) is 21.2 Å². The van der Waals surface area contributed by atoms with Crippen LogP contribution in [0.25, 0.3) is 0 Å². The predicted molar refractivity (Wildman–Crippen MR) is 123 cm³/mol. The number of rotatable bonds is 10. The van der Waals surface area contributed by atoms with Gasteiger partial charge in [0.1, 0.15) is 5.75 Å². The van der Waals surface area contributed by atoms with Crippen LogP contribution in [0.5, 0.6) is 5.75 Å². The molecule has 0 radical (unpaired) electrons. The molecule has 0 bridgehead atoms. The molecule has 32 heavy (non-hydrogen) atoms. The fourth-order valence-corrected chi connectivity index (χ4v) is 4.59. The smallest absolute Gasteiger partial charge is 0.253 e. The number of piperazine rings is 1. The summed E-state index contributed by atoms with van der Waals surface area (Å²) in [5.74, 6) is 0.782. The zero-order valence-corrected chi connectivity index (χ0v) is 19.4. The Morgan fingerprint density at radius 2 is 1.62 bits per heavy atom. The number of hydrogen-bond donors (Lipinski definition) is 1. The minimum Gasteiger partial charge on any atom is -0.497 e. The Hall–Kier alpha value is -2.46. The summed E-state index contributed by atoms with van der Waals surface area (Å²) >= 11 is 0. The largest absolute Gasteiger partial charge is 0.497 e. The van der Waals surface area contributed by atoms with Crippen LogP contribution in [0, 0.1) is 0 Å². The standard InChI is InChI=1S/C23H31N3O5S/c1-30-18-12-24-32(28,29)22-9-5-20(6-10-22)23(27)26-16-14-25(15-17-26)13-11-19-3-7-21(31-2)8-4-19/h3-10,24H,11-18H2,1-2H3. The molecule has 1 aliphatic rings. The third-order valence-corrected chi connectivity index (χ3v) is 7.02. The van der Waals surface area contributed by atoms with Gasteiger partial charge in [0.05, 0.1) is 18.6 Å². The number of nitrogens with one attached hydrogen (secondary N) is 1. The molecule has 1 amide bonds. The first-order chi connectivity index (χ1) is 15.4. The fraction of sp³-hybridized carbons (Fsp3) is 0.435. The van der Waals surface area contributed by atoms with E-state index in [0.29, 0.717) is 25.3 Å². The van der Waals surface area contributed by atoms with Gasteiger partial charge in [-0.1, -0.05) is 12.1 Å². The van der Waals surface area contributed by atoms with Gasteiger partial charge in [-0.25, -0.2) is 13.1 Å². The van der Waals surface area contributed by atoms with E-state index in [2.05, 4.69) is 21.8 Å². The van der Waals surface area contributed by atoms with E-state index >= 15 is 0 Å². The summed E-state index contributed by atoms with van der Waals surface area (Å²) in [6.45, 7) is 4.37. The van der Waals surface area contributed by atoms with Crippen LogP contribution in [-0.4, -0.2) is 84.2 Å². The number of hydrogen-bond acceptors (Lipinski definition) is 6. The van der Waals surface area contributed by atoms with Gasteiger partial charge in [-0.2, -0.15) is 0 Å². The molecular formula is C23H31N3O5S. The molecule has 2 aromatic rings. The van der Waals surface area contributed by atoms with E-state index in [1.807, 2.05) is 17.0 Å². The molecule has 0 aromatic heterocycles. The molecule has 0 spiro atoms. The second-order valence-corrected chi connectivity index (χ2v) is 9.41. The number of methoxy groups -OCH3 is 2. The summed E-state index contributed by atoms with van der Waals surface area (Å²) in [5, 5.41) is 0. The first-order valence-corrected chi connectivity index (χ1v) is 12.1. The maximum Gasteiger partial charge on any atom is 0.253 e. The number of benzene rings is 2. The van der Waals surface area contributed by atoms with Crippen LogP contribution >= 0.6 is 0 Å². The zero-order chi connectivity index (χ0) is 23.0. The van der Waals surface area contributed by atoms with Gasteiger partial charge in [0.2, 0.25) is 10.0 Å². The molecule has 0 aliphatic carbocycles. The summed E-state index contributed by atoms with van der Waals surface area (Å²) in [7, 11) is -0.439. The highest BCUT2D eigenvalue weighted by molar-refractivity contribution is 7.89. The maximum atomic E-state index is 12.8. The van der Waals surface area contributed by atoms with E-state index in [9.17, 15) is 13.2 Å². The Morgan fingerprint density at radius 1 is 0.969 bits per heavy atom. The molecule has 0 unspecified atom stereocenters. The van der Waals surface area contributed by atoms with E-state index in [1.54, 1.807) is 19.2 Å². The molecular weight excluding hydrogens is 430 g/mol. The molecule has 1 fully saturated rings. The van der Waals surface area contributed by atoms with Crippen molar-refractivity contribution < 1.29 is 22.7 Å². The Bertz CT molecular complexity index is 970. The SMILES string of the molecule is COCCNS(=O)(=O)c1ccc(C(=O)N2CCN(CCc3ccc(OC)cc3)CC2)cc1. The number of ether oxygens (including phenoxy) is 2. The zero-order valence-electron chi connectivity index (χ0n) is 18.6. The van der Waals surface area contributed by atoms with Crippen LogP contribution in [0.2, 0.25) is 0 Å². The summed E-state index contributed by atoms with van der Waals surface area (Å²) in [5.41, 5.74) is 1.75. The number of carbonyl (C=O) groups is 1. The highest BCUT2D eigenvalue weighted by Crippen LogP contribution is 2.15. The van der Waals surface area contributed by atoms with Crippen molar-refractivity contribution in [1.82, 2.24) is 14.5 Å². The highest BCUT2D eigenvalue weighted by atomic mass is 32.2. The van der Waals surface area contributed by atoms with Crippen LogP contribution < -0.4 is 9.46 Å². The van der Waals surface area contributed by atoms with Gasteiger partial charge in [0.25, 0.3) is 5.91 Å². The summed E-state index contributed by atoms with van der Waals surface area (Å²) < 4.78 is 37.0. The molecule has 1 N–H and O–H groups in total. The quantitative estimate of drug-likeness (QED) is 0.541. The first-order valence-electron chi connectivity index (χ1n) is 10.7. The molecule has 1 heterocycles. The van der Waals surface area contributed by atoms with Crippen molar-refractivity contribution in [2.75, 3.05) is 60.1 Å². The van der Waals surface area contributed by atoms with Crippen molar-refractivity contribution in [2.45, 2.75) is 11.3 Å². The van der Waals surface area contributed by atoms with E-state index in [4.69, 9.17) is 9.47 Å². The second-order valence-electron chi connectivity index (χ2n) is 7.65. The summed E-state index contributed by atoms with van der Waals surface area (Å²) in [6, 6.07) is 14.2. The fourth-order valence-electron chi connectivity index (χ4n) is 3.57. The van der Waals surface area contributed by atoms with Gasteiger partial charge in [-0.05, 0) is 48.4 Å². The van der Waals surface area contributed by atoms with Crippen LogP contribution in [0.1, 0.15) is 15.9 Å². The molecule has 174 valence electrons. The molecule has 3 rings (SSSR count). The van der Waals surface area contributed by atoms with Crippen molar-refractivity contribution in [1.29, 1.82) is 0 Å². The lowest BCUT2D eigenvalue weighted by atomic mass is 10.1. The summed E-state index contributed by atoms with van der Waals surface area (Å²) in [4.78, 5) is 17.1. The molecule has 0 atom stereocenters. The molecule has 2 aromatic carbocycles. The molecule has 1 saturated heterocycles.